The maximum atomic E-state index is 10.5. The molecule has 0 fully saturated rings. The Balaban J connectivity index is 3.72. The first-order valence-electron chi connectivity index (χ1n) is 3.19. The number of amides is 1. The van der Waals surface area contributed by atoms with Gasteiger partial charge in [-0.15, -0.1) is 0 Å². The van der Waals surface area contributed by atoms with E-state index in [0.717, 1.165) is 7.11 Å². The van der Waals surface area contributed by atoms with Gasteiger partial charge in [-0.2, -0.15) is 5.48 Å². The number of carbonyl (C=O) groups excluding carboxylic acids is 3. The van der Waals surface area contributed by atoms with Crippen LogP contribution < -0.4 is 5.48 Å². The maximum Gasteiger partial charge on any atom is 0.399 e. The van der Waals surface area contributed by atoms with E-state index in [9.17, 15) is 14.4 Å². The minimum Gasteiger partial charge on any atom is -0.462 e. The molecule has 0 aromatic carbocycles. The van der Waals surface area contributed by atoms with Gasteiger partial charge in [-0.05, 0) is 0 Å². The molecule has 1 amide bonds. The van der Waals surface area contributed by atoms with Crippen LogP contribution in [0, 0.1) is 0 Å². The number of carbonyl (C=O) groups is 3. The number of hydroxylamine groups is 1. The van der Waals surface area contributed by atoms with Crippen molar-refractivity contribution in [2.75, 3.05) is 7.11 Å². The molecule has 0 saturated heterocycles. The van der Waals surface area contributed by atoms with E-state index in [2.05, 4.69) is 9.57 Å². The summed E-state index contributed by atoms with van der Waals surface area (Å²) in [7, 11) is 1.05. The molecule has 6 heteroatoms. The van der Waals surface area contributed by atoms with Crippen LogP contribution in [0.25, 0.3) is 0 Å². The van der Waals surface area contributed by atoms with Crippen molar-refractivity contribution in [1.29, 1.82) is 0 Å². The lowest BCUT2D eigenvalue weighted by molar-refractivity contribution is -0.165. The van der Waals surface area contributed by atoms with Crippen LogP contribution in [0.3, 0.4) is 0 Å². The third-order valence-corrected chi connectivity index (χ3v) is 0.917. The highest BCUT2D eigenvalue weighted by Crippen LogP contribution is 1.81. The van der Waals surface area contributed by atoms with Crippen molar-refractivity contribution in [2.45, 2.75) is 13.3 Å². The summed E-state index contributed by atoms with van der Waals surface area (Å²) in [6, 6.07) is 0. The standard InChI is InChI=1S/C6H9NO5/c1-3-4(8)12-7-5(9)6(10)11-2/h3H2,1-2H3,(H,7,9). The lowest BCUT2D eigenvalue weighted by atomic mass is 10.5. The van der Waals surface area contributed by atoms with Gasteiger partial charge in [0.25, 0.3) is 0 Å². The van der Waals surface area contributed by atoms with E-state index in [1.165, 1.54) is 0 Å². The van der Waals surface area contributed by atoms with Crippen LogP contribution in [0.1, 0.15) is 13.3 Å². The molecule has 0 unspecified atom stereocenters. The first kappa shape index (κ1) is 10.4. The lowest BCUT2D eigenvalue weighted by Crippen LogP contribution is -2.33. The van der Waals surface area contributed by atoms with Crippen molar-refractivity contribution in [2.24, 2.45) is 0 Å². The van der Waals surface area contributed by atoms with E-state index in [1.807, 2.05) is 0 Å². The summed E-state index contributed by atoms with van der Waals surface area (Å²) in [5, 5.41) is 0. The molecule has 0 aliphatic rings. The number of hydrogen-bond acceptors (Lipinski definition) is 5. The molecule has 12 heavy (non-hydrogen) atoms. The Kier molecular flexibility index (Phi) is 4.43. The molecule has 0 aliphatic heterocycles. The molecule has 0 spiro atoms. The average molecular weight is 175 g/mol. The van der Waals surface area contributed by atoms with Crippen molar-refractivity contribution < 1.29 is 24.0 Å². The van der Waals surface area contributed by atoms with E-state index in [-0.39, 0.29) is 6.42 Å². The largest absolute Gasteiger partial charge is 0.462 e. The average Bonchev–Trinajstić information content (AvgIpc) is 2.11. The topological polar surface area (TPSA) is 81.7 Å². The Bertz CT molecular complexity index is 200. The van der Waals surface area contributed by atoms with E-state index in [0.29, 0.717) is 0 Å². The number of methoxy groups -OCH3 is 1. The highest BCUT2D eigenvalue weighted by Gasteiger charge is 2.14. The number of ether oxygens (including phenoxy) is 1. The van der Waals surface area contributed by atoms with Gasteiger partial charge in [0.2, 0.25) is 0 Å². The predicted octanol–water partition coefficient (Wildman–Crippen LogP) is -0.856. The Morgan fingerprint density at radius 2 is 1.92 bits per heavy atom. The molecule has 0 aromatic heterocycles. The summed E-state index contributed by atoms with van der Waals surface area (Å²) in [6.07, 6.45) is 0.113. The van der Waals surface area contributed by atoms with Crippen LogP contribution in [0.15, 0.2) is 0 Å². The first-order valence-corrected chi connectivity index (χ1v) is 3.19. The third-order valence-electron chi connectivity index (χ3n) is 0.917. The fourth-order valence-corrected chi connectivity index (χ4v) is 0.310. The summed E-state index contributed by atoms with van der Waals surface area (Å²) in [5.41, 5.74) is 1.62. The molecular formula is C6H9NO5. The maximum absolute atomic E-state index is 10.5. The molecule has 1 N–H and O–H groups in total. The van der Waals surface area contributed by atoms with E-state index >= 15 is 0 Å². The summed E-state index contributed by atoms with van der Waals surface area (Å²) in [5.74, 6) is -2.86. The zero-order valence-corrected chi connectivity index (χ0v) is 6.75. The molecular weight excluding hydrogens is 166 g/mol. The molecule has 0 heterocycles. The second-order valence-corrected chi connectivity index (χ2v) is 1.75. The molecule has 0 saturated carbocycles. The minimum absolute atomic E-state index is 0.113. The van der Waals surface area contributed by atoms with Gasteiger partial charge >= 0.3 is 17.8 Å². The van der Waals surface area contributed by atoms with Gasteiger partial charge in [0, 0.05) is 6.42 Å². The molecule has 0 aliphatic carbocycles. The number of esters is 1. The molecule has 0 radical (unpaired) electrons. The number of nitrogens with one attached hydrogen (secondary N) is 1. The summed E-state index contributed by atoms with van der Waals surface area (Å²) < 4.78 is 4.04. The fraction of sp³-hybridized carbons (Fsp3) is 0.500. The van der Waals surface area contributed by atoms with Crippen LogP contribution in [0.2, 0.25) is 0 Å². The summed E-state index contributed by atoms with van der Waals surface area (Å²) in [6.45, 7) is 1.55. The SMILES string of the molecule is CCC(=O)ONC(=O)C(=O)OC. The van der Waals surface area contributed by atoms with Crippen molar-refractivity contribution in [3.05, 3.63) is 0 Å². The van der Waals surface area contributed by atoms with Gasteiger partial charge in [-0.3, -0.25) is 4.79 Å². The smallest absolute Gasteiger partial charge is 0.399 e. The fourth-order valence-electron chi connectivity index (χ4n) is 0.310. The highest BCUT2D eigenvalue weighted by atomic mass is 16.7. The highest BCUT2D eigenvalue weighted by molar-refractivity contribution is 6.32. The zero-order chi connectivity index (χ0) is 9.56. The lowest BCUT2D eigenvalue weighted by Gasteiger charge is -2.01. The minimum atomic E-state index is -1.11. The second-order valence-electron chi connectivity index (χ2n) is 1.75. The Morgan fingerprint density at radius 3 is 2.33 bits per heavy atom. The molecule has 68 valence electrons. The van der Waals surface area contributed by atoms with Gasteiger partial charge in [-0.25, -0.2) is 9.59 Å². The molecule has 0 rings (SSSR count). The quantitative estimate of drug-likeness (QED) is 0.318. The van der Waals surface area contributed by atoms with Crippen molar-refractivity contribution in [3.63, 3.8) is 0 Å². The van der Waals surface area contributed by atoms with E-state index in [4.69, 9.17) is 0 Å². The van der Waals surface area contributed by atoms with E-state index in [1.54, 1.807) is 12.4 Å². The molecule has 0 atom stereocenters. The van der Waals surface area contributed by atoms with Crippen LogP contribution in [0.4, 0.5) is 0 Å². The normalized spacial score (nSPS) is 8.50. The van der Waals surface area contributed by atoms with Gasteiger partial charge in [0.05, 0.1) is 7.11 Å². The molecule has 0 bridgehead atoms. The first-order chi connectivity index (χ1) is 5.61. The third kappa shape index (κ3) is 3.55. The van der Waals surface area contributed by atoms with Crippen LogP contribution >= 0.6 is 0 Å². The zero-order valence-electron chi connectivity index (χ0n) is 6.75. The van der Waals surface area contributed by atoms with Gasteiger partial charge in [-0.1, -0.05) is 6.92 Å². The van der Waals surface area contributed by atoms with E-state index < -0.39 is 17.8 Å². The van der Waals surface area contributed by atoms with Crippen molar-refractivity contribution >= 4 is 17.8 Å². The van der Waals surface area contributed by atoms with Crippen LogP contribution in [-0.2, 0) is 24.0 Å². The molecule has 0 aromatic rings. The Morgan fingerprint density at radius 1 is 1.33 bits per heavy atom. The van der Waals surface area contributed by atoms with Crippen molar-refractivity contribution in [3.8, 4) is 0 Å². The monoisotopic (exact) mass is 175 g/mol. The van der Waals surface area contributed by atoms with Gasteiger partial charge in [0.1, 0.15) is 0 Å². The van der Waals surface area contributed by atoms with Gasteiger partial charge < -0.3 is 9.57 Å². The van der Waals surface area contributed by atoms with Gasteiger partial charge in [0.15, 0.2) is 0 Å². The second kappa shape index (κ2) is 5.11. The number of rotatable bonds is 1. The summed E-state index contributed by atoms with van der Waals surface area (Å²) >= 11 is 0. The van der Waals surface area contributed by atoms with Crippen LogP contribution in [0.5, 0.6) is 0 Å². The molecule has 6 nitrogen and oxygen atoms in total. The Labute approximate surface area is 68.8 Å². The van der Waals surface area contributed by atoms with Crippen LogP contribution in [-0.4, -0.2) is 25.0 Å². The Hall–Kier alpha value is -1.59. The summed E-state index contributed by atoms with van der Waals surface area (Å²) in [4.78, 5) is 35.5. The van der Waals surface area contributed by atoms with Crippen molar-refractivity contribution in [1.82, 2.24) is 5.48 Å². The number of hydrogen-bond donors (Lipinski definition) is 1. The predicted molar refractivity (Wildman–Crippen MR) is 36.5 cm³/mol.